The minimum Gasteiger partial charge on any atom is -0.382 e. The molecule has 0 aromatic carbocycles. The molecule has 1 aliphatic heterocycles. The van der Waals surface area contributed by atoms with Gasteiger partial charge in [-0.3, -0.25) is 4.79 Å². The van der Waals surface area contributed by atoms with Gasteiger partial charge in [0.25, 0.3) is 0 Å². The van der Waals surface area contributed by atoms with E-state index in [-0.39, 0.29) is 18.1 Å². The first-order chi connectivity index (χ1) is 7.63. The van der Waals surface area contributed by atoms with Crippen molar-refractivity contribution in [1.82, 2.24) is 4.90 Å². The van der Waals surface area contributed by atoms with Gasteiger partial charge in [0.05, 0.1) is 12.2 Å². The number of carbonyl (C=O) groups is 1. The summed E-state index contributed by atoms with van der Waals surface area (Å²) in [7, 11) is 0. The molecule has 0 aromatic rings. The zero-order valence-corrected chi connectivity index (χ0v) is 10.6. The number of carbonyl (C=O) groups excluding carboxylic acids is 1. The highest BCUT2D eigenvalue weighted by molar-refractivity contribution is 5.76. The Morgan fingerprint density at radius 2 is 2.00 bits per heavy atom. The summed E-state index contributed by atoms with van der Waals surface area (Å²) in [6.07, 6.45) is 1.70. The maximum Gasteiger partial charge on any atom is 0.222 e. The first kappa shape index (κ1) is 13.5. The Kier molecular flexibility index (Phi) is 5.77. The van der Waals surface area contributed by atoms with Gasteiger partial charge in [-0.15, -0.1) is 0 Å². The maximum absolute atomic E-state index is 11.9. The lowest BCUT2D eigenvalue weighted by Gasteiger charge is -2.35. The van der Waals surface area contributed by atoms with Crippen LogP contribution in [0.4, 0.5) is 0 Å². The third-order valence-electron chi connectivity index (χ3n) is 2.66. The number of rotatable bonds is 5. The predicted molar refractivity (Wildman–Crippen MR) is 62.3 cm³/mol. The van der Waals surface area contributed by atoms with Crippen LogP contribution in [-0.2, 0) is 14.3 Å². The van der Waals surface area contributed by atoms with Crippen molar-refractivity contribution in [1.29, 1.82) is 0 Å². The van der Waals surface area contributed by atoms with Crippen molar-refractivity contribution in [2.45, 2.75) is 45.8 Å². The quantitative estimate of drug-likeness (QED) is 0.670. The average molecular weight is 229 g/mol. The number of amides is 1. The number of ether oxygens (including phenoxy) is 2. The monoisotopic (exact) mass is 229 g/mol. The molecule has 1 aliphatic rings. The zero-order valence-electron chi connectivity index (χ0n) is 10.6. The Hall–Kier alpha value is -0.610. The van der Waals surface area contributed by atoms with Crippen molar-refractivity contribution in [3.05, 3.63) is 0 Å². The van der Waals surface area contributed by atoms with E-state index < -0.39 is 0 Å². The zero-order chi connectivity index (χ0) is 12.0. The van der Waals surface area contributed by atoms with E-state index in [4.69, 9.17) is 9.47 Å². The first-order valence-corrected chi connectivity index (χ1v) is 6.14. The molecule has 0 N–H and O–H groups in total. The standard InChI is InChI=1S/C12H23NO3/c1-4-15-7-5-6-12(14)13-8-10(2)16-11(3)9-13/h10-11H,4-9H2,1-3H3. The van der Waals surface area contributed by atoms with Crippen LogP contribution in [0, 0.1) is 0 Å². The lowest BCUT2D eigenvalue weighted by atomic mass is 10.2. The van der Waals surface area contributed by atoms with Crippen molar-refractivity contribution < 1.29 is 14.3 Å². The number of morpholine rings is 1. The van der Waals surface area contributed by atoms with Gasteiger partial charge in [0.2, 0.25) is 5.91 Å². The molecule has 4 nitrogen and oxygen atoms in total. The highest BCUT2D eigenvalue weighted by Crippen LogP contribution is 2.12. The topological polar surface area (TPSA) is 38.8 Å². The molecule has 4 heteroatoms. The van der Waals surface area contributed by atoms with Crippen molar-refractivity contribution in [2.75, 3.05) is 26.3 Å². The van der Waals surface area contributed by atoms with Crippen LogP contribution >= 0.6 is 0 Å². The van der Waals surface area contributed by atoms with Gasteiger partial charge in [-0.1, -0.05) is 0 Å². The summed E-state index contributed by atoms with van der Waals surface area (Å²) in [4.78, 5) is 13.8. The first-order valence-electron chi connectivity index (χ1n) is 6.14. The Bertz CT molecular complexity index is 210. The molecule has 0 aromatic heterocycles. The predicted octanol–water partition coefficient (Wildman–Crippen LogP) is 1.44. The third kappa shape index (κ3) is 4.49. The van der Waals surface area contributed by atoms with Crippen molar-refractivity contribution in [2.24, 2.45) is 0 Å². The molecule has 0 saturated carbocycles. The van der Waals surface area contributed by atoms with Crippen LogP contribution in [0.25, 0.3) is 0 Å². The molecule has 1 saturated heterocycles. The smallest absolute Gasteiger partial charge is 0.222 e. The second kappa shape index (κ2) is 6.86. The summed E-state index contributed by atoms with van der Waals surface area (Å²) in [5.74, 6) is 0.224. The fourth-order valence-electron chi connectivity index (χ4n) is 2.01. The second-order valence-electron chi connectivity index (χ2n) is 4.36. The summed E-state index contributed by atoms with van der Waals surface area (Å²) in [5.41, 5.74) is 0. The van der Waals surface area contributed by atoms with Crippen molar-refractivity contribution in [3.63, 3.8) is 0 Å². The van der Waals surface area contributed by atoms with Crippen LogP contribution < -0.4 is 0 Å². The minimum atomic E-state index is 0.152. The SMILES string of the molecule is CCOCCCC(=O)N1CC(C)OC(C)C1. The Balaban J connectivity index is 2.24. The van der Waals surface area contributed by atoms with Gasteiger partial charge in [-0.2, -0.15) is 0 Å². The van der Waals surface area contributed by atoms with E-state index in [2.05, 4.69) is 0 Å². The summed E-state index contributed by atoms with van der Waals surface area (Å²) < 4.78 is 10.8. The summed E-state index contributed by atoms with van der Waals surface area (Å²) >= 11 is 0. The Morgan fingerprint density at radius 3 is 2.56 bits per heavy atom. The van der Waals surface area contributed by atoms with Gasteiger partial charge in [0.1, 0.15) is 0 Å². The van der Waals surface area contributed by atoms with Crippen LogP contribution in [0.2, 0.25) is 0 Å². The molecule has 2 unspecified atom stereocenters. The van der Waals surface area contributed by atoms with Crippen molar-refractivity contribution >= 4 is 5.91 Å². The fourth-order valence-corrected chi connectivity index (χ4v) is 2.01. The van der Waals surface area contributed by atoms with Crippen LogP contribution in [0.15, 0.2) is 0 Å². The minimum absolute atomic E-state index is 0.152. The molecule has 2 atom stereocenters. The van der Waals surface area contributed by atoms with Gasteiger partial charge in [-0.25, -0.2) is 0 Å². The second-order valence-corrected chi connectivity index (χ2v) is 4.36. The molecular weight excluding hydrogens is 206 g/mol. The van der Waals surface area contributed by atoms with Gasteiger partial charge in [-0.05, 0) is 27.2 Å². The molecule has 0 spiro atoms. The highest BCUT2D eigenvalue weighted by Gasteiger charge is 2.25. The van der Waals surface area contributed by atoms with Crippen LogP contribution in [-0.4, -0.2) is 49.3 Å². The highest BCUT2D eigenvalue weighted by atomic mass is 16.5. The van der Waals surface area contributed by atoms with E-state index in [1.165, 1.54) is 0 Å². The molecule has 0 aliphatic carbocycles. The average Bonchev–Trinajstić information content (AvgIpc) is 2.22. The molecule has 1 rings (SSSR count). The van der Waals surface area contributed by atoms with E-state index in [9.17, 15) is 4.79 Å². The van der Waals surface area contributed by atoms with Gasteiger partial charge < -0.3 is 14.4 Å². The molecule has 1 amide bonds. The number of hydrogen-bond acceptors (Lipinski definition) is 3. The van der Waals surface area contributed by atoms with Crippen molar-refractivity contribution in [3.8, 4) is 0 Å². The Morgan fingerprint density at radius 1 is 1.38 bits per heavy atom. The summed E-state index contributed by atoms with van der Waals surface area (Å²) in [6.45, 7) is 8.83. The largest absolute Gasteiger partial charge is 0.382 e. The van der Waals surface area contributed by atoms with Gasteiger partial charge in [0.15, 0.2) is 0 Å². The normalized spacial score (nSPS) is 25.8. The maximum atomic E-state index is 11.9. The van der Waals surface area contributed by atoms with Gasteiger partial charge in [0, 0.05) is 32.7 Å². The molecular formula is C12H23NO3. The van der Waals surface area contributed by atoms with E-state index in [1.807, 2.05) is 25.7 Å². The summed E-state index contributed by atoms with van der Waals surface area (Å²) in [5, 5.41) is 0. The number of hydrogen-bond donors (Lipinski definition) is 0. The molecule has 16 heavy (non-hydrogen) atoms. The molecule has 0 bridgehead atoms. The molecule has 1 fully saturated rings. The summed E-state index contributed by atoms with van der Waals surface area (Å²) in [6, 6.07) is 0. The Labute approximate surface area is 97.9 Å². The van der Waals surface area contributed by atoms with E-state index in [1.54, 1.807) is 0 Å². The van der Waals surface area contributed by atoms with Gasteiger partial charge >= 0.3 is 0 Å². The van der Waals surface area contributed by atoms with E-state index in [0.29, 0.717) is 13.0 Å². The third-order valence-corrected chi connectivity index (χ3v) is 2.66. The van der Waals surface area contributed by atoms with Crippen LogP contribution in [0.1, 0.15) is 33.6 Å². The molecule has 0 radical (unpaired) electrons. The van der Waals surface area contributed by atoms with Crippen LogP contribution in [0.5, 0.6) is 0 Å². The van der Waals surface area contributed by atoms with Crippen LogP contribution in [0.3, 0.4) is 0 Å². The van der Waals surface area contributed by atoms with E-state index >= 15 is 0 Å². The fraction of sp³-hybridized carbons (Fsp3) is 0.917. The number of nitrogens with zero attached hydrogens (tertiary/aromatic N) is 1. The molecule has 1 heterocycles. The lowest BCUT2D eigenvalue weighted by molar-refractivity contribution is -0.143. The molecule has 94 valence electrons. The lowest BCUT2D eigenvalue weighted by Crippen LogP contribution is -2.48. The van der Waals surface area contributed by atoms with E-state index in [0.717, 1.165) is 26.1 Å².